The van der Waals surface area contributed by atoms with Crippen LogP contribution in [-0.4, -0.2) is 11.2 Å². The van der Waals surface area contributed by atoms with Crippen molar-refractivity contribution in [1.82, 2.24) is 0 Å². The number of carbonyl (C=O) groups is 1. The molecule has 1 unspecified atom stereocenters. The van der Waals surface area contributed by atoms with E-state index in [1.54, 1.807) is 25.1 Å². The van der Waals surface area contributed by atoms with Gasteiger partial charge in [-0.15, -0.1) is 0 Å². The largest absolute Gasteiger partial charge is 0.325 e. The molecule has 0 aliphatic carbocycles. The molecule has 0 radical (unpaired) electrons. The van der Waals surface area contributed by atoms with Gasteiger partial charge in [0.1, 0.15) is 0 Å². The van der Waals surface area contributed by atoms with E-state index in [4.69, 9.17) is 5.26 Å². The van der Waals surface area contributed by atoms with Crippen LogP contribution in [0.5, 0.6) is 0 Å². The van der Waals surface area contributed by atoms with Gasteiger partial charge in [-0.25, -0.2) is 0 Å². The van der Waals surface area contributed by atoms with Gasteiger partial charge < -0.3 is 5.32 Å². The van der Waals surface area contributed by atoms with E-state index in [1.807, 2.05) is 13.0 Å². The van der Waals surface area contributed by atoms with Crippen molar-refractivity contribution in [3.05, 3.63) is 29.3 Å². The van der Waals surface area contributed by atoms with Gasteiger partial charge in [-0.2, -0.15) is 17.9 Å². The van der Waals surface area contributed by atoms with Gasteiger partial charge in [0, 0.05) is 5.69 Å². The van der Waals surface area contributed by atoms with Crippen molar-refractivity contribution in [1.29, 1.82) is 5.26 Å². The SMILES string of the molecule is Cc1ccc(C#N)cc1NC(=O)C(C)S. The van der Waals surface area contributed by atoms with Crippen LogP contribution in [0.15, 0.2) is 18.2 Å². The number of anilines is 1. The van der Waals surface area contributed by atoms with E-state index in [0.29, 0.717) is 11.3 Å². The molecule has 1 aromatic carbocycles. The fourth-order valence-electron chi connectivity index (χ4n) is 1.06. The highest BCUT2D eigenvalue weighted by molar-refractivity contribution is 7.81. The summed E-state index contributed by atoms with van der Waals surface area (Å²) in [5.74, 6) is -0.170. The highest BCUT2D eigenvalue weighted by Crippen LogP contribution is 2.17. The van der Waals surface area contributed by atoms with Gasteiger partial charge >= 0.3 is 0 Å². The van der Waals surface area contributed by atoms with Gasteiger partial charge in [-0.3, -0.25) is 4.79 Å². The van der Waals surface area contributed by atoms with Crippen LogP contribution >= 0.6 is 12.6 Å². The number of thiol groups is 1. The first kappa shape index (κ1) is 11.6. The average molecular weight is 220 g/mol. The predicted octanol–water partition coefficient (Wildman–Crippen LogP) is 2.12. The highest BCUT2D eigenvalue weighted by Gasteiger charge is 2.09. The summed E-state index contributed by atoms with van der Waals surface area (Å²) in [4.78, 5) is 11.4. The van der Waals surface area contributed by atoms with Crippen molar-refractivity contribution >= 4 is 24.2 Å². The zero-order valence-electron chi connectivity index (χ0n) is 8.61. The van der Waals surface area contributed by atoms with Gasteiger partial charge in [0.15, 0.2) is 0 Å². The smallest absolute Gasteiger partial charge is 0.236 e. The zero-order valence-corrected chi connectivity index (χ0v) is 9.51. The van der Waals surface area contributed by atoms with Gasteiger partial charge in [0.25, 0.3) is 0 Å². The number of nitrogens with one attached hydrogen (secondary N) is 1. The van der Waals surface area contributed by atoms with Crippen LogP contribution in [0.2, 0.25) is 0 Å². The predicted molar refractivity (Wildman–Crippen MR) is 63.0 cm³/mol. The number of hydrogen-bond acceptors (Lipinski definition) is 3. The Bertz CT molecular complexity index is 421. The van der Waals surface area contributed by atoms with Crippen LogP contribution < -0.4 is 5.32 Å². The molecule has 0 saturated heterocycles. The monoisotopic (exact) mass is 220 g/mol. The van der Waals surface area contributed by atoms with Crippen LogP contribution in [0, 0.1) is 18.3 Å². The first-order valence-electron chi connectivity index (χ1n) is 4.54. The van der Waals surface area contributed by atoms with Crippen molar-refractivity contribution < 1.29 is 4.79 Å². The van der Waals surface area contributed by atoms with Crippen molar-refractivity contribution in [2.45, 2.75) is 19.1 Å². The normalized spacial score (nSPS) is 11.6. The minimum absolute atomic E-state index is 0.170. The second-order valence-electron chi connectivity index (χ2n) is 3.31. The Hall–Kier alpha value is -1.47. The maximum Gasteiger partial charge on any atom is 0.236 e. The van der Waals surface area contributed by atoms with Crippen LogP contribution in [-0.2, 0) is 4.79 Å². The molecular weight excluding hydrogens is 208 g/mol. The summed E-state index contributed by atoms with van der Waals surface area (Å²) in [6.07, 6.45) is 0. The average Bonchev–Trinajstić information content (AvgIpc) is 2.21. The lowest BCUT2D eigenvalue weighted by Crippen LogP contribution is -2.20. The maximum absolute atomic E-state index is 11.4. The lowest BCUT2D eigenvalue weighted by atomic mass is 10.1. The van der Waals surface area contributed by atoms with E-state index in [2.05, 4.69) is 17.9 Å². The molecule has 1 atom stereocenters. The minimum atomic E-state index is -0.366. The van der Waals surface area contributed by atoms with Crippen molar-refractivity contribution in [3.63, 3.8) is 0 Å². The summed E-state index contributed by atoms with van der Waals surface area (Å²) in [6.45, 7) is 3.57. The Morgan fingerprint density at radius 2 is 2.27 bits per heavy atom. The molecule has 0 spiro atoms. The second kappa shape index (κ2) is 4.85. The van der Waals surface area contributed by atoms with Gasteiger partial charge in [0.2, 0.25) is 5.91 Å². The molecule has 1 amide bonds. The Kier molecular flexibility index (Phi) is 3.75. The molecule has 0 aromatic heterocycles. The summed E-state index contributed by atoms with van der Waals surface area (Å²) in [5.41, 5.74) is 2.12. The third-order valence-corrected chi connectivity index (χ3v) is 2.24. The summed E-state index contributed by atoms with van der Waals surface area (Å²) in [7, 11) is 0. The molecule has 0 fully saturated rings. The highest BCUT2D eigenvalue weighted by atomic mass is 32.1. The molecular formula is C11H12N2OS. The summed E-state index contributed by atoms with van der Waals surface area (Å²) in [6, 6.07) is 7.20. The molecule has 0 aliphatic rings. The number of hydrogen-bond donors (Lipinski definition) is 2. The van der Waals surface area contributed by atoms with Gasteiger partial charge in [-0.1, -0.05) is 6.07 Å². The first-order valence-corrected chi connectivity index (χ1v) is 5.06. The molecule has 78 valence electrons. The summed E-state index contributed by atoms with van der Waals surface area (Å²) in [5, 5.41) is 11.1. The quantitative estimate of drug-likeness (QED) is 0.750. The number of nitrogens with zero attached hydrogens (tertiary/aromatic N) is 1. The number of rotatable bonds is 2. The molecule has 0 bridgehead atoms. The van der Waals surface area contributed by atoms with Gasteiger partial charge in [0.05, 0.1) is 16.9 Å². The minimum Gasteiger partial charge on any atom is -0.325 e. The fourth-order valence-corrected chi connectivity index (χ4v) is 1.13. The molecule has 4 heteroatoms. The molecule has 0 saturated carbocycles. The first-order chi connectivity index (χ1) is 7.04. The standard InChI is InChI=1S/C11H12N2OS/c1-7-3-4-9(6-12)5-10(7)13-11(14)8(2)15/h3-5,8,15H,1-2H3,(H,13,14). The van der Waals surface area contributed by atoms with Crippen LogP contribution in [0.1, 0.15) is 18.1 Å². The van der Waals surface area contributed by atoms with Crippen molar-refractivity contribution in [2.75, 3.05) is 5.32 Å². The van der Waals surface area contributed by atoms with E-state index < -0.39 is 0 Å². The van der Waals surface area contributed by atoms with Crippen molar-refractivity contribution in [2.24, 2.45) is 0 Å². The zero-order chi connectivity index (χ0) is 11.4. The lowest BCUT2D eigenvalue weighted by Gasteiger charge is -2.09. The molecule has 15 heavy (non-hydrogen) atoms. The van der Waals surface area contributed by atoms with E-state index in [-0.39, 0.29) is 11.2 Å². The fraction of sp³-hybridized carbons (Fsp3) is 0.273. The van der Waals surface area contributed by atoms with E-state index in [1.165, 1.54) is 0 Å². The summed E-state index contributed by atoms with van der Waals surface area (Å²) >= 11 is 4.03. The summed E-state index contributed by atoms with van der Waals surface area (Å²) < 4.78 is 0. The Balaban J connectivity index is 2.94. The Morgan fingerprint density at radius 3 is 2.80 bits per heavy atom. The lowest BCUT2D eigenvalue weighted by molar-refractivity contribution is -0.115. The molecule has 1 rings (SSSR count). The number of nitriles is 1. The van der Waals surface area contributed by atoms with E-state index in [0.717, 1.165) is 5.56 Å². The number of benzene rings is 1. The van der Waals surface area contributed by atoms with E-state index >= 15 is 0 Å². The third-order valence-electron chi connectivity index (χ3n) is 2.00. The number of carbonyl (C=O) groups excluding carboxylic acids is 1. The topological polar surface area (TPSA) is 52.9 Å². The maximum atomic E-state index is 11.4. The second-order valence-corrected chi connectivity index (χ2v) is 4.08. The number of aryl methyl sites for hydroxylation is 1. The number of amides is 1. The van der Waals surface area contributed by atoms with Crippen LogP contribution in [0.25, 0.3) is 0 Å². The molecule has 0 aliphatic heterocycles. The Morgan fingerprint density at radius 1 is 1.60 bits per heavy atom. The van der Waals surface area contributed by atoms with E-state index in [9.17, 15) is 4.79 Å². The van der Waals surface area contributed by atoms with Crippen LogP contribution in [0.3, 0.4) is 0 Å². The molecule has 1 aromatic rings. The van der Waals surface area contributed by atoms with Crippen LogP contribution in [0.4, 0.5) is 5.69 Å². The molecule has 3 nitrogen and oxygen atoms in total. The van der Waals surface area contributed by atoms with Gasteiger partial charge in [-0.05, 0) is 31.5 Å². The Labute approximate surface area is 94.5 Å². The van der Waals surface area contributed by atoms with Crippen molar-refractivity contribution in [3.8, 4) is 6.07 Å². The molecule has 1 N–H and O–H groups in total. The molecule has 0 heterocycles. The third kappa shape index (κ3) is 3.00.